The second-order valence-electron chi connectivity index (χ2n) is 4.65. The van der Waals surface area contributed by atoms with Gasteiger partial charge in [0.15, 0.2) is 0 Å². The molecular formula is C15H10BrClFIN2. The molecule has 0 aliphatic rings. The van der Waals surface area contributed by atoms with Crippen LogP contribution in [0.4, 0.5) is 4.39 Å². The van der Waals surface area contributed by atoms with E-state index in [1.165, 1.54) is 6.07 Å². The van der Waals surface area contributed by atoms with E-state index in [9.17, 15) is 4.39 Å². The molecule has 21 heavy (non-hydrogen) atoms. The Morgan fingerprint density at radius 2 is 2.05 bits per heavy atom. The SMILES string of the molecule is CC(Cl)c1nc2cc(I)ccc2n1-c1ccc(Br)c(F)c1. The normalized spacial score (nSPS) is 12.8. The summed E-state index contributed by atoms with van der Waals surface area (Å²) in [4.78, 5) is 4.59. The predicted molar refractivity (Wildman–Crippen MR) is 95.7 cm³/mol. The topological polar surface area (TPSA) is 17.8 Å². The van der Waals surface area contributed by atoms with E-state index >= 15 is 0 Å². The van der Waals surface area contributed by atoms with Crippen molar-refractivity contribution in [3.05, 3.63) is 56.1 Å². The molecule has 0 aliphatic heterocycles. The highest BCUT2D eigenvalue weighted by molar-refractivity contribution is 14.1. The molecule has 1 aromatic heterocycles. The molecule has 2 nitrogen and oxygen atoms in total. The number of imidazole rings is 1. The number of halogens is 4. The molecule has 108 valence electrons. The van der Waals surface area contributed by atoms with E-state index < -0.39 is 0 Å². The van der Waals surface area contributed by atoms with Crippen molar-refractivity contribution in [1.29, 1.82) is 0 Å². The Hall–Kier alpha value is -0.660. The maximum atomic E-state index is 13.9. The summed E-state index contributed by atoms with van der Waals surface area (Å²) in [6, 6.07) is 11.0. The minimum Gasteiger partial charge on any atom is -0.295 e. The summed E-state index contributed by atoms with van der Waals surface area (Å²) in [5.74, 6) is 0.392. The maximum absolute atomic E-state index is 13.9. The van der Waals surface area contributed by atoms with Crippen LogP contribution in [0.2, 0.25) is 0 Å². The van der Waals surface area contributed by atoms with Crippen molar-refractivity contribution in [2.75, 3.05) is 0 Å². The van der Waals surface area contributed by atoms with Crippen LogP contribution in [0.1, 0.15) is 18.1 Å². The van der Waals surface area contributed by atoms with Gasteiger partial charge in [-0.1, -0.05) is 0 Å². The summed E-state index contributed by atoms with van der Waals surface area (Å²) in [7, 11) is 0. The van der Waals surface area contributed by atoms with Crippen LogP contribution in [-0.2, 0) is 0 Å². The summed E-state index contributed by atoms with van der Waals surface area (Å²) in [6.45, 7) is 1.86. The van der Waals surface area contributed by atoms with Gasteiger partial charge in [0.2, 0.25) is 0 Å². The number of rotatable bonds is 2. The fraction of sp³-hybridized carbons (Fsp3) is 0.133. The first kappa shape index (κ1) is 15.2. The van der Waals surface area contributed by atoms with Gasteiger partial charge in [-0.3, -0.25) is 4.57 Å². The molecule has 1 unspecified atom stereocenters. The highest BCUT2D eigenvalue weighted by Gasteiger charge is 2.17. The fourth-order valence-corrected chi connectivity index (χ4v) is 3.10. The summed E-state index contributed by atoms with van der Waals surface area (Å²) in [5, 5.41) is -0.276. The van der Waals surface area contributed by atoms with Crippen LogP contribution in [0, 0.1) is 9.39 Å². The van der Waals surface area contributed by atoms with Crippen LogP contribution in [0.3, 0.4) is 0 Å². The molecule has 0 spiro atoms. The van der Waals surface area contributed by atoms with Gasteiger partial charge >= 0.3 is 0 Å². The number of alkyl halides is 1. The first-order valence-electron chi connectivity index (χ1n) is 6.25. The summed E-state index contributed by atoms with van der Waals surface area (Å²) in [5.41, 5.74) is 2.48. The second-order valence-corrected chi connectivity index (χ2v) is 7.41. The van der Waals surface area contributed by atoms with E-state index in [1.807, 2.05) is 35.8 Å². The minimum atomic E-state index is -0.312. The number of aromatic nitrogens is 2. The average Bonchev–Trinajstić information content (AvgIpc) is 2.80. The summed E-state index contributed by atoms with van der Waals surface area (Å²) in [6.07, 6.45) is 0. The average molecular weight is 480 g/mol. The molecule has 0 fully saturated rings. The Labute approximate surface area is 148 Å². The van der Waals surface area contributed by atoms with E-state index in [1.54, 1.807) is 6.07 Å². The maximum Gasteiger partial charge on any atom is 0.139 e. The Balaban J connectivity index is 2.33. The van der Waals surface area contributed by atoms with Crippen molar-refractivity contribution in [3.8, 4) is 5.69 Å². The summed E-state index contributed by atoms with van der Waals surface area (Å²) >= 11 is 11.7. The molecule has 0 bridgehead atoms. The third-order valence-electron chi connectivity index (χ3n) is 3.16. The van der Waals surface area contributed by atoms with Gasteiger partial charge in [0.25, 0.3) is 0 Å². The second kappa shape index (κ2) is 5.85. The zero-order valence-electron chi connectivity index (χ0n) is 10.9. The van der Waals surface area contributed by atoms with Gasteiger partial charge in [-0.05, 0) is 81.8 Å². The highest BCUT2D eigenvalue weighted by Crippen LogP contribution is 2.30. The van der Waals surface area contributed by atoms with Crippen molar-refractivity contribution in [2.24, 2.45) is 0 Å². The van der Waals surface area contributed by atoms with Gasteiger partial charge in [0, 0.05) is 3.57 Å². The molecule has 3 aromatic rings. The largest absolute Gasteiger partial charge is 0.295 e. The van der Waals surface area contributed by atoms with Crippen LogP contribution in [0.25, 0.3) is 16.7 Å². The molecule has 2 aromatic carbocycles. The number of hydrogen-bond donors (Lipinski definition) is 0. The van der Waals surface area contributed by atoms with Crippen molar-refractivity contribution < 1.29 is 4.39 Å². The lowest BCUT2D eigenvalue weighted by atomic mass is 10.2. The first-order valence-corrected chi connectivity index (χ1v) is 8.55. The number of hydrogen-bond acceptors (Lipinski definition) is 1. The Kier molecular flexibility index (Phi) is 4.25. The molecule has 0 aliphatic carbocycles. The molecule has 0 amide bonds. The van der Waals surface area contributed by atoms with E-state index in [2.05, 4.69) is 43.5 Å². The number of nitrogens with zero attached hydrogens (tertiary/aromatic N) is 2. The van der Waals surface area contributed by atoms with Crippen LogP contribution in [0.5, 0.6) is 0 Å². The smallest absolute Gasteiger partial charge is 0.139 e. The van der Waals surface area contributed by atoms with Crippen molar-refractivity contribution in [1.82, 2.24) is 9.55 Å². The van der Waals surface area contributed by atoms with Gasteiger partial charge < -0.3 is 0 Å². The van der Waals surface area contributed by atoms with Crippen LogP contribution in [0.15, 0.2) is 40.9 Å². The molecule has 6 heteroatoms. The first-order chi connectivity index (χ1) is 9.97. The van der Waals surface area contributed by atoms with Crippen LogP contribution >= 0.6 is 50.1 Å². The number of fused-ring (bicyclic) bond motifs is 1. The Morgan fingerprint density at radius 1 is 1.29 bits per heavy atom. The zero-order valence-corrected chi connectivity index (χ0v) is 15.4. The molecule has 1 heterocycles. The third kappa shape index (κ3) is 2.83. The Bertz CT molecular complexity index is 832. The van der Waals surface area contributed by atoms with Crippen LogP contribution in [-0.4, -0.2) is 9.55 Å². The van der Waals surface area contributed by atoms with Gasteiger partial charge in [-0.15, -0.1) is 11.6 Å². The molecule has 0 saturated carbocycles. The standard InChI is InChI=1S/C15H10BrClFIN2/c1-8(17)15-20-13-6-9(19)2-5-14(13)21(15)10-3-4-11(16)12(18)7-10/h2-8H,1H3. The summed E-state index contributed by atoms with van der Waals surface area (Å²) < 4.78 is 17.3. The lowest BCUT2D eigenvalue weighted by molar-refractivity contribution is 0.619. The van der Waals surface area contributed by atoms with E-state index in [4.69, 9.17) is 11.6 Å². The van der Waals surface area contributed by atoms with Crippen molar-refractivity contribution >= 4 is 61.2 Å². The third-order valence-corrected chi connectivity index (χ3v) is 4.67. The predicted octanol–water partition coefficient (Wildman–Crippen LogP) is 5.83. The van der Waals surface area contributed by atoms with Gasteiger partial charge in [0.1, 0.15) is 11.6 Å². The quantitative estimate of drug-likeness (QED) is 0.334. The van der Waals surface area contributed by atoms with Gasteiger partial charge in [0.05, 0.1) is 26.6 Å². The van der Waals surface area contributed by atoms with Gasteiger partial charge in [-0.25, -0.2) is 9.37 Å². The lowest BCUT2D eigenvalue weighted by Crippen LogP contribution is -2.02. The fourth-order valence-electron chi connectivity index (χ4n) is 2.23. The highest BCUT2D eigenvalue weighted by atomic mass is 127. The molecule has 0 N–H and O–H groups in total. The van der Waals surface area contributed by atoms with E-state index in [0.717, 1.165) is 14.6 Å². The number of benzene rings is 2. The monoisotopic (exact) mass is 478 g/mol. The molecule has 1 atom stereocenters. The molecule has 3 rings (SSSR count). The van der Waals surface area contributed by atoms with E-state index in [0.29, 0.717) is 16.0 Å². The Morgan fingerprint density at radius 3 is 2.71 bits per heavy atom. The minimum absolute atomic E-state index is 0.276. The van der Waals surface area contributed by atoms with Crippen molar-refractivity contribution in [2.45, 2.75) is 12.3 Å². The van der Waals surface area contributed by atoms with Crippen molar-refractivity contribution in [3.63, 3.8) is 0 Å². The van der Waals surface area contributed by atoms with Gasteiger partial charge in [-0.2, -0.15) is 0 Å². The zero-order chi connectivity index (χ0) is 15.1. The lowest BCUT2D eigenvalue weighted by Gasteiger charge is -2.11. The van der Waals surface area contributed by atoms with Crippen LogP contribution < -0.4 is 0 Å². The molecular weight excluding hydrogens is 469 g/mol. The molecule has 0 saturated heterocycles. The molecule has 0 radical (unpaired) electrons. The van der Waals surface area contributed by atoms with E-state index in [-0.39, 0.29) is 11.2 Å².